The summed E-state index contributed by atoms with van der Waals surface area (Å²) >= 11 is 6.43. The molecule has 31 heavy (non-hydrogen) atoms. The maximum Gasteiger partial charge on any atom is 0.241 e. The normalized spacial score (nSPS) is 21.4. The molecule has 154 valence electrons. The maximum atomic E-state index is 13.9. The van der Waals surface area contributed by atoms with Crippen molar-refractivity contribution in [3.63, 3.8) is 0 Å². The molecule has 3 aromatic carbocycles. The van der Waals surface area contributed by atoms with Gasteiger partial charge in [-0.15, -0.1) is 0 Å². The Hall–Kier alpha value is -3.28. The van der Waals surface area contributed by atoms with Crippen LogP contribution >= 0.6 is 11.6 Å². The van der Waals surface area contributed by atoms with Crippen LogP contribution in [0.2, 0.25) is 5.02 Å². The standard InChI is InChI=1S/C25H18ClNO4/c1-27-20-18(12-7-13-19(20)26)24(23(27)30,14-15-8-3-2-4-9-15)25(31)21(28)16-10-5-6-11-17(16)22(25)29/h2-13,31H,14H2,1H3. The summed E-state index contributed by atoms with van der Waals surface area (Å²) in [6.45, 7) is 0. The molecule has 2 aliphatic rings. The van der Waals surface area contributed by atoms with Gasteiger partial charge in [-0.25, -0.2) is 0 Å². The van der Waals surface area contributed by atoms with E-state index >= 15 is 0 Å². The van der Waals surface area contributed by atoms with Gasteiger partial charge in [0.2, 0.25) is 23.1 Å². The number of anilines is 1. The molecule has 1 unspecified atom stereocenters. The molecule has 0 aromatic heterocycles. The summed E-state index contributed by atoms with van der Waals surface area (Å²) in [4.78, 5) is 42.4. The number of carbonyl (C=O) groups is 3. The molecule has 1 aliphatic carbocycles. The molecule has 5 nitrogen and oxygen atoms in total. The highest BCUT2D eigenvalue weighted by Gasteiger charge is 2.71. The fourth-order valence-corrected chi connectivity index (χ4v) is 5.32. The zero-order valence-electron chi connectivity index (χ0n) is 16.6. The van der Waals surface area contributed by atoms with Crippen LogP contribution in [0.25, 0.3) is 0 Å². The van der Waals surface area contributed by atoms with Crippen LogP contribution in [0.15, 0.2) is 72.8 Å². The Kier molecular flexibility index (Phi) is 4.19. The van der Waals surface area contributed by atoms with Gasteiger partial charge in [0.15, 0.2) is 0 Å². The number of rotatable bonds is 3. The lowest BCUT2D eigenvalue weighted by atomic mass is 9.62. The molecular weight excluding hydrogens is 414 g/mol. The van der Waals surface area contributed by atoms with E-state index in [0.717, 1.165) is 0 Å². The van der Waals surface area contributed by atoms with E-state index in [1.54, 1.807) is 49.5 Å². The summed E-state index contributed by atoms with van der Waals surface area (Å²) < 4.78 is 0. The molecule has 0 spiro atoms. The van der Waals surface area contributed by atoms with E-state index in [2.05, 4.69) is 0 Å². The SMILES string of the molecule is CN1C(=O)C(Cc2ccccc2)(C2(O)C(=O)c3ccccc3C2=O)c2cccc(Cl)c21. The molecule has 3 aromatic rings. The summed E-state index contributed by atoms with van der Waals surface area (Å²) in [7, 11) is 1.54. The number of benzene rings is 3. The van der Waals surface area contributed by atoms with Gasteiger partial charge in [-0.2, -0.15) is 0 Å². The number of likely N-dealkylation sites (N-methyl/N-ethyl adjacent to an activating group) is 1. The second kappa shape index (κ2) is 6.61. The minimum absolute atomic E-state index is 0.0354. The molecule has 5 rings (SSSR count). The molecular formula is C25H18ClNO4. The molecule has 1 amide bonds. The van der Waals surface area contributed by atoms with Crippen LogP contribution in [-0.4, -0.2) is 35.2 Å². The Morgan fingerprint density at radius 1 is 0.839 bits per heavy atom. The molecule has 1 heterocycles. The monoisotopic (exact) mass is 431 g/mol. The molecule has 1 N–H and O–H groups in total. The molecule has 0 fully saturated rings. The number of para-hydroxylation sites is 1. The summed E-state index contributed by atoms with van der Waals surface area (Å²) in [5.41, 5.74) is -2.73. The van der Waals surface area contributed by atoms with Crippen LogP contribution in [0.3, 0.4) is 0 Å². The molecule has 0 bridgehead atoms. The summed E-state index contributed by atoms with van der Waals surface area (Å²) in [6, 6.07) is 20.3. The number of aliphatic hydroxyl groups is 1. The van der Waals surface area contributed by atoms with Crippen LogP contribution in [0.1, 0.15) is 31.8 Å². The number of ketones is 2. The fraction of sp³-hybridized carbons (Fsp3) is 0.160. The second-order valence-corrected chi connectivity index (χ2v) is 8.39. The van der Waals surface area contributed by atoms with Crippen LogP contribution in [0.5, 0.6) is 0 Å². The van der Waals surface area contributed by atoms with E-state index in [9.17, 15) is 19.5 Å². The highest BCUT2D eigenvalue weighted by molar-refractivity contribution is 6.38. The van der Waals surface area contributed by atoms with Crippen molar-refractivity contribution in [2.45, 2.75) is 17.4 Å². The van der Waals surface area contributed by atoms with E-state index in [1.165, 1.54) is 17.0 Å². The van der Waals surface area contributed by atoms with Crippen molar-refractivity contribution in [2.24, 2.45) is 0 Å². The predicted molar refractivity (Wildman–Crippen MR) is 117 cm³/mol. The number of carbonyl (C=O) groups excluding carboxylic acids is 3. The maximum absolute atomic E-state index is 13.9. The van der Waals surface area contributed by atoms with E-state index in [1.807, 2.05) is 18.2 Å². The van der Waals surface area contributed by atoms with Gasteiger partial charge >= 0.3 is 0 Å². The number of halogens is 1. The second-order valence-electron chi connectivity index (χ2n) is 7.98. The van der Waals surface area contributed by atoms with Gasteiger partial charge in [0.25, 0.3) is 0 Å². The van der Waals surface area contributed by atoms with Crippen molar-refractivity contribution in [2.75, 3.05) is 11.9 Å². The van der Waals surface area contributed by atoms with Crippen LogP contribution < -0.4 is 4.90 Å². The molecule has 1 aliphatic heterocycles. The molecule has 0 saturated heterocycles. The van der Waals surface area contributed by atoms with Crippen molar-refractivity contribution in [3.05, 3.63) is 100 Å². The quantitative estimate of drug-likeness (QED) is 0.643. The van der Waals surface area contributed by atoms with Gasteiger partial charge < -0.3 is 10.0 Å². The zero-order chi connectivity index (χ0) is 22.0. The average Bonchev–Trinajstić information content (AvgIpc) is 3.13. The fourth-order valence-electron chi connectivity index (χ4n) is 5.01. The Bertz CT molecular complexity index is 1230. The van der Waals surface area contributed by atoms with E-state index in [0.29, 0.717) is 21.8 Å². The molecule has 1 atom stereocenters. The average molecular weight is 432 g/mol. The predicted octanol–water partition coefficient (Wildman–Crippen LogP) is 3.61. The first kappa shape index (κ1) is 19.7. The lowest BCUT2D eigenvalue weighted by Gasteiger charge is -2.39. The van der Waals surface area contributed by atoms with Crippen molar-refractivity contribution in [3.8, 4) is 0 Å². The number of nitrogens with zero attached hydrogens (tertiary/aromatic N) is 1. The van der Waals surface area contributed by atoms with Crippen LogP contribution in [0, 0.1) is 0 Å². The van der Waals surface area contributed by atoms with Crippen LogP contribution in [-0.2, 0) is 16.6 Å². The van der Waals surface area contributed by atoms with Gasteiger partial charge in [-0.3, -0.25) is 14.4 Å². The summed E-state index contributed by atoms with van der Waals surface area (Å²) in [6.07, 6.45) is -0.0354. The van der Waals surface area contributed by atoms with Crippen molar-refractivity contribution >= 4 is 34.8 Å². The van der Waals surface area contributed by atoms with Crippen LogP contribution in [0.4, 0.5) is 5.69 Å². The molecule has 6 heteroatoms. The number of hydrogen-bond acceptors (Lipinski definition) is 4. The first-order chi connectivity index (χ1) is 14.8. The third kappa shape index (κ3) is 2.33. The smallest absolute Gasteiger partial charge is 0.241 e. The van der Waals surface area contributed by atoms with E-state index in [-0.39, 0.29) is 17.5 Å². The van der Waals surface area contributed by atoms with Gasteiger partial charge in [0, 0.05) is 18.2 Å². The highest BCUT2D eigenvalue weighted by Crippen LogP contribution is 2.55. The Labute approximate surface area is 183 Å². The Balaban J connectivity index is 1.85. The van der Waals surface area contributed by atoms with Gasteiger partial charge in [0.05, 0.1) is 10.7 Å². The van der Waals surface area contributed by atoms with Gasteiger partial charge in [-0.05, 0) is 23.6 Å². The summed E-state index contributed by atoms with van der Waals surface area (Å²) in [5, 5.41) is 12.3. The first-order valence-electron chi connectivity index (χ1n) is 9.86. The lowest BCUT2D eigenvalue weighted by Crippen LogP contribution is -2.64. The molecule has 0 radical (unpaired) electrons. The Morgan fingerprint density at radius 3 is 2.03 bits per heavy atom. The van der Waals surface area contributed by atoms with E-state index < -0.39 is 28.5 Å². The first-order valence-corrected chi connectivity index (χ1v) is 10.2. The zero-order valence-corrected chi connectivity index (χ0v) is 17.4. The van der Waals surface area contributed by atoms with Gasteiger partial charge in [-0.1, -0.05) is 78.3 Å². The minimum atomic E-state index is -2.59. The van der Waals surface area contributed by atoms with E-state index in [4.69, 9.17) is 11.6 Å². The topological polar surface area (TPSA) is 74.7 Å². The summed E-state index contributed by atoms with van der Waals surface area (Å²) in [5.74, 6) is -2.08. The van der Waals surface area contributed by atoms with Gasteiger partial charge in [0.1, 0.15) is 5.41 Å². The van der Waals surface area contributed by atoms with Crippen molar-refractivity contribution < 1.29 is 19.5 Å². The minimum Gasteiger partial charge on any atom is -0.373 e. The highest BCUT2D eigenvalue weighted by atomic mass is 35.5. The van der Waals surface area contributed by atoms with Crippen molar-refractivity contribution in [1.82, 2.24) is 0 Å². The molecule has 0 saturated carbocycles. The number of Topliss-reactive ketones (excluding diaryl/α,β-unsaturated/α-hetero) is 2. The number of amides is 1. The third-order valence-electron chi connectivity index (χ3n) is 6.45. The third-order valence-corrected chi connectivity index (χ3v) is 6.76. The number of fused-ring (bicyclic) bond motifs is 2. The lowest BCUT2D eigenvalue weighted by molar-refractivity contribution is -0.128. The number of hydrogen-bond donors (Lipinski definition) is 1. The largest absolute Gasteiger partial charge is 0.373 e. The van der Waals surface area contributed by atoms with Crippen molar-refractivity contribution in [1.29, 1.82) is 0 Å². The Morgan fingerprint density at radius 2 is 1.42 bits per heavy atom.